The molecule has 0 aromatic carbocycles. The van der Waals surface area contributed by atoms with Gasteiger partial charge in [0.15, 0.2) is 0 Å². The lowest BCUT2D eigenvalue weighted by atomic mass is 9.44. The third-order valence-electron chi connectivity index (χ3n) is 11.8. The summed E-state index contributed by atoms with van der Waals surface area (Å²) in [6, 6.07) is 0.699. The molecule has 6 fully saturated rings. The summed E-state index contributed by atoms with van der Waals surface area (Å²) in [7, 11) is 0. The molecule has 0 amide bonds. The Hall–Kier alpha value is -0.200. The summed E-state index contributed by atoms with van der Waals surface area (Å²) in [6.45, 7) is 11.0. The van der Waals surface area contributed by atoms with E-state index in [0.29, 0.717) is 29.3 Å². The fraction of sp³-hybridized carbons (Fsp3) is 1.00. The lowest BCUT2D eigenvalue weighted by Crippen LogP contribution is -2.61. The predicted molar refractivity (Wildman–Crippen MR) is 125 cm³/mol. The first kappa shape index (κ1) is 22.3. The molecular formula is C27H46N2O3. The largest absolute Gasteiger partial charge is 0.391 e. The molecule has 182 valence electrons. The highest BCUT2D eigenvalue weighted by molar-refractivity contribution is 5.14. The van der Waals surface area contributed by atoms with E-state index in [4.69, 9.17) is 4.74 Å². The fourth-order valence-electron chi connectivity index (χ4n) is 9.97. The van der Waals surface area contributed by atoms with Crippen molar-refractivity contribution in [1.29, 1.82) is 0 Å². The zero-order valence-corrected chi connectivity index (χ0v) is 20.4. The minimum Gasteiger partial charge on any atom is -0.391 e. The van der Waals surface area contributed by atoms with Crippen molar-refractivity contribution in [1.82, 2.24) is 9.80 Å². The molecule has 0 spiro atoms. The molecule has 32 heavy (non-hydrogen) atoms. The van der Waals surface area contributed by atoms with E-state index in [9.17, 15) is 10.2 Å². The number of ether oxygens (including phenoxy) is 1. The molecule has 0 aromatic heterocycles. The van der Waals surface area contributed by atoms with Gasteiger partial charge in [0.2, 0.25) is 0 Å². The van der Waals surface area contributed by atoms with Crippen LogP contribution in [0.3, 0.4) is 0 Å². The molecule has 2 N–H and O–H groups in total. The second-order valence-electron chi connectivity index (χ2n) is 12.9. The minimum atomic E-state index is -0.176. The first-order valence-corrected chi connectivity index (χ1v) is 13.8. The van der Waals surface area contributed by atoms with E-state index < -0.39 is 0 Å². The van der Waals surface area contributed by atoms with Gasteiger partial charge < -0.3 is 14.9 Å². The smallest absolute Gasteiger partial charge is 0.0751 e. The van der Waals surface area contributed by atoms with Crippen LogP contribution in [0.15, 0.2) is 0 Å². The summed E-state index contributed by atoms with van der Waals surface area (Å²) < 4.78 is 5.61. The minimum absolute atomic E-state index is 0.107. The maximum atomic E-state index is 11.5. The van der Waals surface area contributed by atoms with E-state index in [2.05, 4.69) is 23.6 Å². The van der Waals surface area contributed by atoms with Gasteiger partial charge in [-0.15, -0.1) is 0 Å². The fourth-order valence-corrected chi connectivity index (χ4v) is 9.97. The number of hydrogen-bond acceptors (Lipinski definition) is 5. The van der Waals surface area contributed by atoms with Gasteiger partial charge in [-0.25, -0.2) is 0 Å². The molecule has 2 aliphatic heterocycles. The molecule has 2 heterocycles. The van der Waals surface area contributed by atoms with Gasteiger partial charge in [0, 0.05) is 25.2 Å². The summed E-state index contributed by atoms with van der Waals surface area (Å²) in [5.41, 5.74) is 0.443. The van der Waals surface area contributed by atoms with Crippen LogP contribution in [0.5, 0.6) is 0 Å². The van der Waals surface area contributed by atoms with Gasteiger partial charge in [0.25, 0.3) is 0 Å². The van der Waals surface area contributed by atoms with Crippen molar-refractivity contribution >= 4 is 0 Å². The van der Waals surface area contributed by atoms with Crippen LogP contribution in [0.1, 0.15) is 71.6 Å². The van der Waals surface area contributed by atoms with Crippen molar-refractivity contribution in [3.05, 3.63) is 0 Å². The van der Waals surface area contributed by atoms with Gasteiger partial charge in [-0.2, -0.15) is 0 Å². The van der Waals surface area contributed by atoms with Gasteiger partial charge in [0.1, 0.15) is 0 Å². The highest BCUT2D eigenvalue weighted by Gasteiger charge is 2.63. The number of aliphatic hydroxyl groups excluding tert-OH is 2. The Morgan fingerprint density at radius 3 is 2.25 bits per heavy atom. The molecule has 4 aliphatic carbocycles. The van der Waals surface area contributed by atoms with Crippen LogP contribution in [-0.4, -0.2) is 83.7 Å². The molecule has 0 radical (unpaired) electrons. The number of nitrogens with zero attached hydrogens (tertiary/aromatic N) is 2. The predicted octanol–water partition coefficient (Wildman–Crippen LogP) is 3.14. The number of morpholine rings is 1. The highest BCUT2D eigenvalue weighted by Crippen LogP contribution is 2.66. The number of rotatable bonds is 2. The average molecular weight is 447 g/mol. The maximum absolute atomic E-state index is 11.5. The molecule has 0 unspecified atom stereocenters. The molecule has 5 nitrogen and oxygen atoms in total. The zero-order valence-electron chi connectivity index (χ0n) is 20.4. The van der Waals surface area contributed by atoms with Gasteiger partial charge in [-0.05, 0) is 105 Å². The van der Waals surface area contributed by atoms with Crippen LogP contribution in [0.2, 0.25) is 0 Å². The Kier molecular flexibility index (Phi) is 5.70. The Bertz CT molecular complexity index is 692. The lowest BCUT2D eigenvalue weighted by Gasteiger charge is -2.62. The van der Waals surface area contributed by atoms with Crippen molar-refractivity contribution < 1.29 is 14.9 Å². The monoisotopic (exact) mass is 446 g/mol. The van der Waals surface area contributed by atoms with Gasteiger partial charge in [0.05, 0.1) is 25.4 Å². The quantitative estimate of drug-likeness (QED) is 0.683. The van der Waals surface area contributed by atoms with Crippen molar-refractivity contribution in [2.24, 2.45) is 34.5 Å². The molecular weight excluding hydrogens is 400 g/mol. The van der Waals surface area contributed by atoms with Crippen molar-refractivity contribution in [3.63, 3.8) is 0 Å². The molecule has 0 aromatic rings. The summed E-state index contributed by atoms with van der Waals surface area (Å²) in [5.74, 6) is 2.87. The maximum Gasteiger partial charge on any atom is 0.0751 e. The number of aliphatic hydroxyl groups is 2. The van der Waals surface area contributed by atoms with Crippen LogP contribution >= 0.6 is 0 Å². The standard InChI is InChI=1S/C27H46N2O3/c1-26-8-7-20-19(21(26)16-22(25(26)31)28-9-3-4-10-28)6-5-18-15-24(30)23(17-27(18,20)2)29-11-13-32-14-12-29/h18-25,30-31H,3-17H2,1-2H3/t18-,19+,20-,21-,22+,23-,24-,25-,26-,27-/m0/s1. The van der Waals surface area contributed by atoms with Crippen LogP contribution < -0.4 is 0 Å². The topological polar surface area (TPSA) is 56.2 Å². The normalized spacial score (nSPS) is 54.8. The summed E-state index contributed by atoms with van der Waals surface area (Å²) in [5, 5.41) is 22.7. The van der Waals surface area contributed by atoms with Crippen LogP contribution in [-0.2, 0) is 4.74 Å². The number of hydrogen-bond donors (Lipinski definition) is 2. The average Bonchev–Trinajstić information content (AvgIpc) is 3.41. The van der Waals surface area contributed by atoms with Gasteiger partial charge in [-0.3, -0.25) is 9.80 Å². The summed E-state index contributed by atoms with van der Waals surface area (Å²) in [6.07, 6.45) is 10.7. The first-order valence-electron chi connectivity index (χ1n) is 13.8. The van der Waals surface area contributed by atoms with Crippen LogP contribution in [0, 0.1) is 34.5 Å². The second kappa shape index (κ2) is 8.19. The molecule has 2 saturated heterocycles. The molecule has 10 atom stereocenters. The Labute approximate surface area is 194 Å². The summed E-state index contributed by atoms with van der Waals surface area (Å²) >= 11 is 0. The number of fused-ring (bicyclic) bond motifs is 5. The first-order chi connectivity index (χ1) is 15.4. The van der Waals surface area contributed by atoms with E-state index in [0.717, 1.165) is 51.0 Å². The third-order valence-corrected chi connectivity index (χ3v) is 11.8. The molecule has 5 heteroatoms. The van der Waals surface area contributed by atoms with Gasteiger partial charge >= 0.3 is 0 Å². The van der Waals surface area contributed by atoms with Crippen LogP contribution in [0.4, 0.5) is 0 Å². The van der Waals surface area contributed by atoms with Crippen molar-refractivity contribution in [3.8, 4) is 0 Å². The van der Waals surface area contributed by atoms with Gasteiger partial charge in [-0.1, -0.05) is 13.8 Å². The van der Waals surface area contributed by atoms with Crippen molar-refractivity contribution in [2.45, 2.75) is 95.9 Å². The Morgan fingerprint density at radius 1 is 0.781 bits per heavy atom. The SMILES string of the molecule is C[C@]12C[C@H](N3CCOCC3)[C@@H](O)C[C@@H]1CC[C@@H]1[C@@H]2CC[C@]2(C)[C@@H](O)[C@H](N3CCCC3)C[C@@H]12. The van der Waals surface area contributed by atoms with Crippen molar-refractivity contribution in [2.75, 3.05) is 39.4 Å². The molecule has 6 rings (SSSR count). The second-order valence-corrected chi connectivity index (χ2v) is 12.9. The molecule has 6 aliphatic rings. The van der Waals surface area contributed by atoms with E-state index in [1.165, 1.54) is 58.0 Å². The van der Waals surface area contributed by atoms with E-state index in [-0.39, 0.29) is 17.6 Å². The van der Waals surface area contributed by atoms with Crippen LogP contribution in [0.25, 0.3) is 0 Å². The van der Waals surface area contributed by atoms with E-state index >= 15 is 0 Å². The Morgan fingerprint density at radius 2 is 1.50 bits per heavy atom. The molecule has 0 bridgehead atoms. The molecule has 4 saturated carbocycles. The number of likely N-dealkylation sites (tertiary alicyclic amines) is 1. The lowest BCUT2D eigenvalue weighted by molar-refractivity contribution is -0.158. The zero-order chi connectivity index (χ0) is 22.1. The van der Waals surface area contributed by atoms with E-state index in [1.807, 2.05) is 0 Å². The highest BCUT2D eigenvalue weighted by atomic mass is 16.5. The third kappa shape index (κ3) is 3.28. The van der Waals surface area contributed by atoms with E-state index in [1.54, 1.807) is 0 Å². The Balaban J connectivity index is 1.25. The summed E-state index contributed by atoms with van der Waals surface area (Å²) in [4.78, 5) is 5.16.